The van der Waals surface area contributed by atoms with Gasteiger partial charge in [-0.3, -0.25) is 0 Å². The second kappa shape index (κ2) is 8.57. The number of nitrogens with one attached hydrogen (secondary N) is 1. The Labute approximate surface area is 167 Å². The molecule has 1 aromatic rings. The minimum atomic E-state index is -0.926. The molecule has 3 atom stereocenters. The first kappa shape index (κ1) is 20.7. The Bertz CT molecular complexity index is 664. The Balaban J connectivity index is 1.76. The first-order valence-electron chi connectivity index (χ1n) is 10.1. The van der Waals surface area contributed by atoms with Crippen molar-refractivity contribution < 1.29 is 19.7 Å². The fraction of sp³-hybridized carbons (Fsp3) is 0.667. The van der Waals surface area contributed by atoms with E-state index in [-0.39, 0.29) is 30.6 Å². The van der Waals surface area contributed by atoms with E-state index in [0.29, 0.717) is 25.6 Å². The molecule has 7 nitrogen and oxygen atoms in total. The van der Waals surface area contributed by atoms with Gasteiger partial charge in [-0.25, -0.2) is 4.79 Å². The number of benzene rings is 1. The van der Waals surface area contributed by atoms with Crippen LogP contribution in [-0.4, -0.2) is 72.7 Å². The third-order valence-corrected chi connectivity index (χ3v) is 5.89. The van der Waals surface area contributed by atoms with Crippen molar-refractivity contribution in [3.05, 3.63) is 24.3 Å². The summed E-state index contributed by atoms with van der Waals surface area (Å²) in [4.78, 5) is 16.9. The number of aliphatic hydroxyl groups excluding tert-OH is 2. The lowest BCUT2D eigenvalue weighted by molar-refractivity contribution is 0.0938. The standard InChI is InChI=1S/C21H33N3O4/c1-4-28-18-7-5-16(6-8-18)24-12-15-9-21(2,3)19(24)13-23(11-15)20(27)22-10-17(26)14-25/h5-8,15,17,19,25-26H,4,9-14H2,1-3H3,(H,22,27). The molecule has 3 fully saturated rings. The van der Waals surface area contributed by atoms with E-state index in [4.69, 9.17) is 9.84 Å². The molecule has 3 unspecified atom stereocenters. The number of aliphatic hydroxyl groups is 2. The van der Waals surface area contributed by atoms with Crippen LogP contribution in [0.5, 0.6) is 5.75 Å². The molecule has 3 N–H and O–H groups in total. The highest BCUT2D eigenvalue weighted by atomic mass is 16.5. The van der Waals surface area contributed by atoms with Gasteiger partial charge in [-0.05, 0) is 48.9 Å². The predicted octanol–water partition coefficient (Wildman–Crippen LogP) is 1.68. The Morgan fingerprint density at radius 2 is 2.00 bits per heavy atom. The van der Waals surface area contributed by atoms with Crippen LogP contribution in [0, 0.1) is 11.3 Å². The van der Waals surface area contributed by atoms with Crippen LogP contribution in [0.3, 0.4) is 0 Å². The first-order valence-corrected chi connectivity index (χ1v) is 10.1. The zero-order chi connectivity index (χ0) is 20.3. The number of anilines is 1. The zero-order valence-corrected chi connectivity index (χ0v) is 17.1. The van der Waals surface area contributed by atoms with Crippen LogP contribution < -0.4 is 15.0 Å². The maximum absolute atomic E-state index is 12.6. The van der Waals surface area contributed by atoms with Crippen molar-refractivity contribution in [3.8, 4) is 5.75 Å². The van der Waals surface area contributed by atoms with Crippen LogP contribution in [0.15, 0.2) is 24.3 Å². The van der Waals surface area contributed by atoms with Crippen LogP contribution in [0.2, 0.25) is 0 Å². The number of nitrogens with zero attached hydrogens (tertiary/aromatic N) is 2. The third kappa shape index (κ3) is 4.52. The summed E-state index contributed by atoms with van der Waals surface area (Å²) in [7, 11) is 0. The topological polar surface area (TPSA) is 85.3 Å². The van der Waals surface area contributed by atoms with Crippen molar-refractivity contribution in [1.82, 2.24) is 10.2 Å². The molecule has 3 aliphatic heterocycles. The van der Waals surface area contributed by atoms with Crippen LogP contribution in [-0.2, 0) is 0 Å². The third-order valence-electron chi connectivity index (χ3n) is 5.89. The summed E-state index contributed by atoms with van der Waals surface area (Å²) >= 11 is 0. The highest BCUT2D eigenvalue weighted by molar-refractivity contribution is 5.74. The van der Waals surface area contributed by atoms with Crippen molar-refractivity contribution in [1.29, 1.82) is 0 Å². The molecule has 0 aliphatic carbocycles. The monoisotopic (exact) mass is 391 g/mol. The van der Waals surface area contributed by atoms with Gasteiger partial charge in [-0.15, -0.1) is 0 Å². The Morgan fingerprint density at radius 1 is 1.29 bits per heavy atom. The van der Waals surface area contributed by atoms with Crippen molar-refractivity contribution in [3.63, 3.8) is 0 Å². The van der Waals surface area contributed by atoms with E-state index >= 15 is 0 Å². The smallest absolute Gasteiger partial charge is 0.317 e. The Kier molecular flexibility index (Phi) is 6.35. The van der Waals surface area contributed by atoms with E-state index in [9.17, 15) is 9.90 Å². The number of fused-ring (bicyclic) bond motifs is 4. The largest absolute Gasteiger partial charge is 0.494 e. The van der Waals surface area contributed by atoms with Gasteiger partial charge in [0.2, 0.25) is 0 Å². The number of carbonyl (C=O) groups is 1. The Morgan fingerprint density at radius 3 is 2.64 bits per heavy atom. The van der Waals surface area contributed by atoms with Crippen LogP contribution in [0.1, 0.15) is 27.2 Å². The second-order valence-corrected chi connectivity index (χ2v) is 8.58. The zero-order valence-electron chi connectivity index (χ0n) is 17.1. The van der Waals surface area contributed by atoms with Crippen molar-refractivity contribution in [2.45, 2.75) is 39.3 Å². The maximum Gasteiger partial charge on any atom is 0.317 e. The van der Waals surface area contributed by atoms with E-state index < -0.39 is 6.10 Å². The van der Waals surface area contributed by atoms with E-state index in [1.54, 1.807) is 0 Å². The quantitative estimate of drug-likeness (QED) is 0.687. The lowest BCUT2D eigenvalue weighted by atomic mass is 9.73. The lowest BCUT2D eigenvalue weighted by Crippen LogP contribution is -2.54. The first-order chi connectivity index (χ1) is 13.3. The highest BCUT2D eigenvalue weighted by Gasteiger charge is 2.46. The number of rotatable bonds is 6. The second-order valence-electron chi connectivity index (χ2n) is 8.58. The molecule has 2 amide bonds. The summed E-state index contributed by atoms with van der Waals surface area (Å²) < 4.78 is 5.56. The van der Waals surface area contributed by atoms with Crippen LogP contribution in [0.4, 0.5) is 10.5 Å². The highest BCUT2D eigenvalue weighted by Crippen LogP contribution is 2.43. The molecule has 4 rings (SSSR count). The van der Waals surface area contributed by atoms with Gasteiger partial charge in [0.15, 0.2) is 0 Å². The van der Waals surface area contributed by atoms with Crippen molar-refractivity contribution >= 4 is 11.7 Å². The molecular formula is C21H33N3O4. The number of hydrogen-bond acceptors (Lipinski definition) is 5. The molecule has 0 saturated carbocycles. The number of amides is 2. The number of piperidine rings is 1. The summed E-state index contributed by atoms with van der Waals surface area (Å²) in [6.07, 6.45) is 0.151. The van der Waals surface area contributed by atoms with Crippen molar-refractivity contribution in [2.75, 3.05) is 44.3 Å². The van der Waals surface area contributed by atoms with E-state index in [1.165, 1.54) is 0 Å². The van der Waals surface area contributed by atoms with Gasteiger partial charge < -0.3 is 30.1 Å². The van der Waals surface area contributed by atoms with Gasteiger partial charge in [-0.1, -0.05) is 13.8 Å². The minimum absolute atomic E-state index is 0.0627. The Hall–Kier alpha value is -1.99. The SMILES string of the molecule is CCOc1ccc(N2CC3CN(C(=O)NCC(O)CO)CC2C(C)(C)C3)cc1. The molecule has 3 heterocycles. The van der Waals surface area contributed by atoms with Crippen LogP contribution >= 0.6 is 0 Å². The molecule has 0 aromatic heterocycles. The van der Waals surface area contributed by atoms with Gasteiger partial charge in [0.1, 0.15) is 5.75 Å². The van der Waals surface area contributed by atoms with Gasteiger partial charge in [0, 0.05) is 31.9 Å². The average molecular weight is 392 g/mol. The number of carbonyl (C=O) groups excluding carboxylic acids is 1. The molecule has 7 heteroatoms. The lowest BCUT2D eigenvalue weighted by Gasteiger charge is -2.48. The fourth-order valence-electron chi connectivity index (χ4n) is 4.57. The molecule has 0 radical (unpaired) electrons. The van der Waals surface area contributed by atoms with Gasteiger partial charge in [-0.2, -0.15) is 0 Å². The molecule has 28 heavy (non-hydrogen) atoms. The fourth-order valence-corrected chi connectivity index (χ4v) is 4.57. The van der Waals surface area contributed by atoms with E-state index in [2.05, 4.69) is 36.2 Å². The summed E-state index contributed by atoms with van der Waals surface area (Å²) in [5.41, 5.74) is 1.24. The summed E-state index contributed by atoms with van der Waals surface area (Å²) in [6, 6.07) is 8.25. The molecule has 3 saturated heterocycles. The summed E-state index contributed by atoms with van der Waals surface area (Å²) in [6.45, 7) is 9.15. The molecule has 2 bridgehead atoms. The summed E-state index contributed by atoms with van der Waals surface area (Å²) in [5.74, 6) is 1.25. The van der Waals surface area contributed by atoms with Crippen LogP contribution in [0.25, 0.3) is 0 Å². The van der Waals surface area contributed by atoms with Gasteiger partial charge >= 0.3 is 6.03 Å². The summed E-state index contributed by atoms with van der Waals surface area (Å²) in [5, 5.41) is 21.2. The van der Waals surface area contributed by atoms with E-state index in [1.807, 2.05) is 24.0 Å². The average Bonchev–Trinajstić information content (AvgIpc) is 2.93. The molecule has 3 aliphatic rings. The van der Waals surface area contributed by atoms with E-state index in [0.717, 1.165) is 24.4 Å². The predicted molar refractivity (Wildman–Crippen MR) is 109 cm³/mol. The molecular weight excluding hydrogens is 358 g/mol. The number of ether oxygens (including phenoxy) is 1. The molecule has 0 spiro atoms. The maximum atomic E-state index is 12.6. The van der Waals surface area contributed by atoms with Gasteiger partial charge in [0.05, 0.1) is 25.4 Å². The van der Waals surface area contributed by atoms with Gasteiger partial charge in [0.25, 0.3) is 0 Å². The number of urea groups is 1. The molecule has 156 valence electrons. The minimum Gasteiger partial charge on any atom is -0.494 e. The van der Waals surface area contributed by atoms with Crippen molar-refractivity contribution in [2.24, 2.45) is 11.3 Å². The molecule has 1 aromatic carbocycles. The normalized spacial score (nSPS) is 24.6. The number of hydrogen-bond donors (Lipinski definition) is 3.